The highest BCUT2D eigenvalue weighted by Crippen LogP contribution is 2.28. The zero-order valence-corrected chi connectivity index (χ0v) is 15.0. The molecule has 1 aromatic carbocycles. The lowest BCUT2D eigenvalue weighted by Gasteiger charge is -2.30. The molecule has 1 N–H and O–H groups in total. The summed E-state index contributed by atoms with van der Waals surface area (Å²) in [6, 6.07) is 8.39. The van der Waals surface area contributed by atoms with Crippen LogP contribution in [0.2, 0.25) is 0 Å². The second kappa shape index (κ2) is 6.83. The summed E-state index contributed by atoms with van der Waals surface area (Å²) in [5.41, 5.74) is 2.95. The molecule has 3 rings (SSSR count). The minimum Gasteiger partial charge on any atom is -0.347 e. The van der Waals surface area contributed by atoms with Crippen molar-refractivity contribution in [1.82, 2.24) is 15.1 Å². The van der Waals surface area contributed by atoms with E-state index in [1.807, 2.05) is 11.0 Å². The number of hydrogen-bond donors (Lipinski definition) is 1. The van der Waals surface area contributed by atoms with Gasteiger partial charge in [-0.15, -0.1) is 0 Å². The number of nitrogens with zero attached hydrogens (tertiary/aromatic N) is 3. The molecule has 0 aromatic heterocycles. The number of carbonyl (C=O) groups excluding carboxylic acids is 1. The Bertz CT molecular complexity index is 638. The summed E-state index contributed by atoms with van der Waals surface area (Å²) < 4.78 is 0. The van der Waals surface area contributed by atoms with Crippen LogP contribution in [0, 0.1) is 5.41 Å². The first-order valence-electron chi connectivity index (χ1n) is 8.79. The second-order valence-electron chi connectivity index (χ2n) is 7.57. The molecule has 1 amide bonds. The second-order valence-corrected chi connectivity index (χ2v) is 7.57. The number of amides is 1. The zero-order chi connectivity index (χ0) is 17.2. The number of rotatable bonds is 2. The topological polar surface area (TPSA) is 47.9 Å². The van der Waals surface area contributed by atoms with Crippen LogP contribution in [0.15, 0.2) is 29.3 Å². The van der Waals surface area contributed by atoms with E-state index in [1.165, 1.54) is 11.1 Å². The minimum absolute atomic E-state index is 0.143. The van der Waals surface area contributed by atoms with E-state index in [-0.39, 0.29) is 5.91 Å². The van der Waals surface area contributed by atoms with Crippen LogP contribution in [-0.4, -0.2) is 54.9 Å². The van der Waals surface area contributed by atoms with Gasteiger partial charge in [-0.1, -0.05) is 38.1 Å². The molecule has 1 saturated heterocycles. The third kappa shape index (κ3) is 3.71. The lowest BCUT2D eigenvalue weighted by atomic mass is 9.93. The van der Waals surface area contributed by atoms with Crippen LogP contribution in [0.25, 0.3) is 0 Å². The van der Waals surface area contributed by atoms with Crippen molar-refractivity contribution in [3.63, 3.8) is 0 Å². The molecule has 0 spiro atoms. The van der Waals surface area contributed by atoms with Crippen LogP contribution in [0.4, 0.5) is 0 Å². The molecule has 0 bridgehead atoms. The van der Waals surface area contributed by atoms with Gasteiger partial charge in [0.2, 0.25) is 5.91 Å². The van der Waals surface area contributed by atoms with Crippen molar-refractivity contribution in [1.29, 1.82) is 0 Å². The van der Waals surface area contributed by atoms with Crippen molar-refractivity contribution in [2.45, 2.75) is 33.2 Å². The number of likely N-dealkylation sites (tertiary alicyclic amines) is 1. The molecular formula is C19H28N4O. The molecule has 1 fully saturated rings. The van der Waals surface area contributed by atoms with Crippen molar-refractivity contribution < 1.29 is 4.79 Å². The van der Waals surface area contributed by atoms with Crippen molar-refractivity contribution >= 4 is 11.9 Å². The Labute approximate surface area is 144 Å². The van der Waals surface area contributed by atoms with Crippen LogP contribution >= 0.6 is 0 Å². The number of hydrogen-bond acceptors (Lipinski definition) is 2. The van der Waals surface area contributed by atoms with Crippen molar-refractivity contribution in [2.24, 2.45) is 10.4 Å². The van der Waals surface area contributed by atoms with Crippen molar-refractivity contribution in [3.8, 4) is 0 Å². The predicted molar refractivity (Wildman–Crippen MR) is 96.9 cm³/mol. The first-order chi connectivity index (χ1) is 11.5. The minimum atomic E-state index is 0.143. The molecule has 24 heavy (non-hydrogen) atoms. The number of guanidine groups is 1. The van der Waals surface area contributed by atoms with Gasteiger partial charge in [-0.3, -0.25) is 9.79 Å². The number of nitrogens with one attached hydrogen (secondary N) is 1. The van der Waals surface area contributed by atoms with E-state index in [0.29, 0.717) is 18.5 Å². The van der Waals surface area contributed by atoms with Gasteiger partial charge in [0.1, 0.15) is 0 Å². The Kier molecular flexibility index (Phi) is 4.78. The molecule has 1 aromatic rings. The average molecular weight is 328 g/mol. The van der Waals surface area contributed by atoms with Gasteiger partial charge >= 0.3 is 0 Å². The van der Waals surface area contributed by atoms with E-state index in [4.69, 9.17) is 0 Å². The predicted octanol–water partition coefficient (Wildman–Crippen LogP) is 1.88. The quantitative estimate of drug-likeness (QED) is 0.666. The van der Waals surface area contributed by atoms with Gasteiger partial charge in [0.25, 0.3) is 0 Å². The maximum absolute atomic E-state index is 12.6. The number of fused-ring (bicyclic) bond motifs is 1. The maximum atomic E-state index is 12.6. The number of benzene rings is 1. The summed E-state index contributed by atoms with van der Waals surface area (Å²) in [4.78, 5) is 21.1. The van der Waals surface area contributed by atoms with Gasteiger partial charge in [-0.2, -0.15) is 0 Å². The van der Waals surface area contributed by atoms with Crippen LogP contribution in [0.5, 0.6) is 0 Å². The summed E-state index contributed by atoms with van der Waals surface area (Å²) in [5.74, 6) is 0.982. The van der Waals surface area contributed by atoms with E-state index in [0.717, 1.165) is 38.4 Å². The third-order valence-electron chi connectivity index (χ3n) is 5.07. The Balaban J connectivity index is 1.54. The van der Waals surface area contributed by atoms with Gasteiger partial charge in [0.05, 0.1) is 6.54 Å². The highest BCUT2D eigenvalue weighted by molar-refractivity contribution is 5.86. The Hall–Kier alpha value is -2.04. The monoisotopic (exact) mass is 328 g/mol. The SMILES string of the molecule is CN=C(NCC(=O)N1CCc2ccccc2C1)N1CCC(C)(C)C1. The molecular weight excluding hydrogens is 300 g/mol. The third-order valence-corrected chi connectivity index (χ3v) is 5.07. The van der Waals surface area contributed by atoms with Crippen LogP contribution in [0.3, 0.4) is 0 Å². The molecule has 5 heteroatoms. The first-order valence-corrected chi connectivity index (χ1v) is 8.79. The first kappa shape index (κ1) is 16.8. The lowest BCUT2D eigenvalue weighted by Crippen LogP contribution is -2.47. The molecule has 0 atom stereocenters. The van der Waals surface area contributed by atoms with E-state index >= 15 is 0 Å². The number of carbonyl (C=O) groups is 1. The molecule has 130 valence electrons. The molecule has 0 unspecified atom stereocenters. The molecule has 0 aliphatic carbocycles. The van der Waals surface area contributed by atoms with E-state index in [2.05, 4.69) is 47.3 Å². The van der Waals surface area contributed by atoms with Crippen molar-refractivity contribution in [2.75, 3.05) is 33.2 Å². The normalized spacial score (nSPS) is 20.0. The molecule has 5 nitrogen and oxygen atoms in total. The van der Waals surface area contributed by atoms with Gasteiger partial charge in [0, 0.05) is 33.2 Å². The fraction of sp³-hybridized carbons (Fsp3) is 0.579. The molecule has 2 aliphatic rings. The standard InChI is InChI=1S/C19H28N4O/c1-19(2)9-11-23(14-19)18(20-3)21-12-17(24)22-10-8-15-6-4-5-7-16(15)13-22/h4-7H,8-14H2,1-3H3,(H,20,21). The molecule has 0 radical (unpaired) electrons. The molecule has 2 heterocycles. The summed E-state index contributed by atoms with van der Waals surface area (Å²) >= 11 is 0. The van der Waals surface area contributed by atoms with Crippen LogP contribution in [0.1, 0.15) is 31.4 Å². The maximum Gasteiger partial charge on any atom is 0.242 e. The van der Waals surface area contributed by atoms with Crippen LogP contribution in [-0.2, 0) is 17.8 Å². The van der Waals surface area contributed by atoms with Gasteiger partial charge in [0.15, 0.2) is 5.96 Å². The Morgan fingerprint density at radius 1 is 1.21 bits per heavy atom. The fourth-order valence-electron chi connectivity index (χ4n) is 3.60. The largest absolute Gasteiger partial charge is 0.347 e. The van der Waals surface area contributed by atoms with E-state index < -0.39 is 0 Å². The van der Waals surface area contributed by atoms with Crippen LogP contribution < -0.4 is 5.32 Å². The summed E-state index contributed by atoms with van der Waals surface area (Å²) in [6.07, 6.45) is 2.10. The highest BCUT2D eigenvalue weighted by Gasteiger charge is 2.31. The average Bonchev–Trinajstić information content (AvgIpc) is 2.94. The summed E-state index contributed by atoms with van der Waals surface area (Å²) in [5, 5.41) is 3.25. The van der Waals surface area contributed by atoms with Gasteiger partial charge < -0.3 is 15.1 Å². The van der Waals surface area contributed by atoms with E-state index in [1.54, 1.807) is 7.05 Å². The Morgan fingerprint density at radius 2 is 1.96 bits per heavy atom. The van der Waals surface area contributed by atoms with Gasteiger partial charge in [-0.25, -0.2) is 0 Å². The summed E-state index contributed by atoms with van der Waals surface area (Å²) in [6.45, 7) is 8.35. The summed E-state index contributed by atoms with van der Waals surface area (Å²) in [7, 11) is 1.79. The Morgan fingerprint density at radius 3 is 2.62 bits per heavy atom. The fourth-order valence-corrected chi connectivity index (χ4v) is 3.60. The number of aliphatic imine (C=N–C) groups is 1. The van der Waals surface area contributed by atoms with Crippen molar-refractivity contribution in [3.05, 3.63) is 35.4 Å². The van der Waals surface area contributed by atoms with Gasteiger partial charge in [-0.05, 0) is 29.4 Å². The van der Waals surface area contributed by atoms with E-state index in [9.17, 15) is 4.79 Å². The molecule has 2 aliphatic heterocycles. The lowest BCUT2D eigenvalue weighted by molar-refractivity contribution is -0.130. The zero-order valence-electron chi connectivity index (χ0n) is 15.0. The highest BCUT2D eigenvalue weighted by atomic mass is 16.2. The molecule has 0 saturated carbocycles. The smallest absolute Gasteiger partial charge is 0.242 e.